The number of halogens is 2. The first-order valence-electron chi connectivity index (χ1n) is 12.5. The van der Waals surface area contributed by atoms with Crippen LogP contribution in [0.5, 0.6) is 0 Å². The van der Waals surface area contributed by atoms with Crippen molar-refractivity contribution in [2.24, 2.45) is 11.8 Å². The second kappa shape index (κ2) is 9.41. The quantitative estimate of drug-likeness (QED) is 0.547. The molecule has 1 saturated carbocycles. The number of likely N-dealkylation sites (tertiary alicyclic amines) is 1. The molecule has 35 heavy (non-hydrogen) atoms. The zero-order valence-electron chi connectivity index (χ0n) is 19.9. The van der Waals surface area contributed by atoms with Gasteiger partial charge in [0.15, 0.2) is 0 Å². The highest BCUT2D eigenvalue weighted by atomic mass is 35.5. The Kier molecular flexibility index (Phi) is 6.62. The van der Waals surface area contributed by atoms with Crippen LogP contribution in [0.25, 0.3) is 0 Å². The molecule has 0 aromatic heterocycles. The summed E-state index contributed by atoms with van der Waals surface area (Å²) in [6.45, 7) is 3.93. The minimum Gasteiger partial charge on any atom is -0.359 e. The van der Waals surface area contributed by atoms with Crippen LogP contribution in [0.15, 0.2) is 30.4 Å². The normalized spacial score (nSPS) is 32.6. The van der Waals surface area contributed by atoms with Gasteiger partial charge in [0, 0.05) is 17.8 Å². The highest BCUT2D eigenvalue weighted by Gasteiger charge is 2.73. The van der Waals surface area contributed by atoms with Crippen molar-refractivity contribution in [3.8, 4) is 0 Å². The molecule has 2 saturated heterocycles. The Balaban J connectivity index is 1.44. The lowest BCUT2D eigenvalue weighted by molar-refractivity contribution is -0.143. The van der Waals surface area contributed by atoms with Gasteiger partial charge in [-0.15, -0.1) is 0 Å². The molecule has 3 fully saturated rings. The van der Waals surface area contributed by atoms with E-state index in [2.05, 4.69) is 10.6 Å². The van der Waals surface area contributed by atoms with E-state index >= 15 is 0 Å². The van der Waals surface area contributed by atoms with E-state index in [9.17, 15) is 14.4 Å². The Morgan fingerprint density at radius 2 is 1.91 bits per heavy atom. The standard InChI is InChI=1S/C26H31Cl2N3O4/c1-3-14(2)31-22(24(33)29-15-7-5-4-6-8-15)26-12-11-19(35-26)20(21(26)25(31)34)23(32)30-16-9-10-17(27)18(28)13-16/h9-15,19-22H,3-8H2,1-2H3,(H,29,33)(H,30,32)/t14-,19+,20-,21+,22-,26-/m0/s1. The number of fused-ring (bicyclic) bond motifs is 1. The fraction of sp³-hybridized carbons (Fsp3) is 0.577. The van der Waals surface area contributed by atoms with Crippen LogP contribution in [-0.2, 0) is 19.1 Å². The van der Waals surface area contributed by atoms with E-state index in [0.717, 1.165) is 25.7 Å². The molecule has 7 nitrogen and oxygen atoms in total. The lowest BCUT2D eigenvalue weighted by Gasteiger charge is -2.36. The summed E-state index contributed by atoms with van der Waals surface area (Å²) in [4.78, 5) is 42.7. The molecule has 0 unspecified atom stereocenters. The maximum Gasteiger partial charge on any atom is 0.246 e. The van der Waals surface area contributed by atoms with E-state index in [1.54, 1.807) is 23.1 Å². The molecule has 1 spiro atoms. The zero-order valence-corrected chi connectivity index (χ0v) is 21.4. The minimum atomic E-state index is -1.15. The van der Waals surface area contributed by atoms with Crippen molar-refractivity contribution in [3.63, 3.8) is 0 Å². The molecule has 5 rings (SSSR count). The maximum atomic E-state index is 13.9. The van der Waals surface area contributed by atoms with Crippen LogP contribution >= 0.6 is 23.2 Å². The topological polar surface area (TPSA) is 87.7 Å². The first-order valence-corrected chi connectivity index (χ1v) is 13.3. The Labute approximate surface area is 215 Å². The molecule has 1 aromatic rings. The van der Waals surface area contributed by atoms with Gasteiger partial charge in [0.05, 0.1) is 28.0 Å². The summed E-state index contributed by atoms with van der Waals surface area (Å²) < 4.78 is 6.37. The first-order chi connectivity index (χ1) is 16.8. The third-order valence-electron chi connectivity index (χ3n) is 8.07. The van der Waals surface area contributed by atoms with Crippen molar-refractivity contribution in [2.75, 3.05) is 5.32 Å². The molecular formula is C26H31Cl2N3O4. The van der Waals surface area contributed by atoms with Gasteiger partial charge in [0.25, 0.3) is 0 Å². The minimum absolute atomic E-state index is 0.108. The van der Waals surface area contributed by atoms with Gasteiger partial charge in [-0.05, 0) is 44.4 Å². The Morgan fingerprint density at radius 1 is 1.17 bits per heavy atom. The molecule has 4 aliphatic rings. The number of nitrogens with zero attached hydrogens (tertiary/aromatic N) is 1. The number of hydrogen-bond acceptors (Lipinski definition) is 4. The summed E-state index contributed by atoms with van der Waals surface area (Å²) in [6.07, 6.45) is 9.04. The largest absolute Gasteiger partial charge is 0.359 e. The van der Waals surface area contributed by atoms with E-state index in [1.165, 1.54) is 6.42 Å². The van der Waals surface area contributed by atoms with Crippen LogP contribution < -0.4 is 10.6 Å². The smallest absolute Gasteiger partial charge is 0.246 e. The number of amides is 3. The van der Waals surface area contributed by atoms with Crippen molar-refractivity contribution in [3.05, 3.63) is 40.4 Å². The van der Waals surface area contributed by atoms with Gasteiger partial charge in [0.1, 0.15) is 11.6 Å². The molecule has 3 heterocycles. The number of rotatable bonds is 6. The highest BCUT2D eigenvalue weighted by molar-refractivity contribution is 6.42. The molecular weight excluding hydrogens is 489 g/mol. The van der Waals surface area contributed by atoms with Gasteiger partial charge < -0.3 is 20.3 Å². The van der Waals surface area contributed by atoms with Crippen molar-refractivity contribution in [2.45, 2.75) is 82.2 Å². The SMILES string of the molecule is CC[C@H](C)N1C(=O)[C@H]2[C@@H](C(=O)Nc3ccc(Cl)c(Cl)c3)[C@H]3C=C[C@@]2(O3)[C@@H]1C(=O)NC1CCCCC1. The van der Waals surface area contributed by atoms with Crippen LogP contribution in [-0.4, -0.2) is 52.5 Å². The Bertz CT molecular complexity index is 1070. The van der Waals surface area contributed by atoms with Crippen molar-refractivity contribution in [1.29, 1.82) is 0 Å². The molecule has 6 atom stereocenters. The van der Waals surface area contributed by atoms with Crippen molar-refractivity contribution < 1.29 is 19.1 Å². The van der Waals surface area contributed by atoms with Gasteiger partial charge in [-0.3, -0.25) is 14.4 Å². The van der Waals surface area contributed by atoms with Crippen molar-refractivity contribution >= 4 is 46.6 Å². The van der Waals surface area contributed by atoms with E-state index in [1.807, 2.05) is 26.0 Å². The molecule has 1 aliphatic carbocycles. The number of anilines is 1. The zero-order chi connectivity index (χ0) is 24.9. The molecule has 3 amide bonds. The molecule has 188 valence electrons. The van der Waals surface area contributed by atoms with Crippen LogP contribution in [0.4, 0.5) is 5.69 Å². The maximum absolute atomic E-state index is 13.9. The number of ether oxygens (including phenoxy) is 1. The summed E-state index contributed by atoms with van der Waals surface area (Å²) in [6, 6.07) is 3.98. The van der Waals surface area contributed by atoms with E-state index in [4.69, 9.17) is 27.9 Å². The van der Waals surface area contributed by atoms with Gasteiger partial charge in [-0.1, -0.05) is 61.5 Å². The number of hydrogen-bond donors (Lipinski definition) is 2. The van der Waals surface area contributed by atoms with Crippen LogP contribution in [0.2, 0.25) is 10.0 Å². The second-order valence-corrected chi connectivity index (χ2v) is 11.0. The van der Waals surface area contributed by atoms with Gasteiger partial charge in [0.2, 0.25) is 17.7 Å². The fourth-order valence-electron chi connectivity index (χ4n) is 6.20. The van der Waals surface area contributed by atoms with E-state index in [0.29, 0.717) is 22.2 Å². The molecule has 2 bridgehead atoms. The molecule has 1 aromatic carbocycles. The third kappa shape index (κ3) is 4.05. The molecule has 9 heteroatoms. The summed E-state index contributed by atoms with van der Waals surface area (Å²) in [5, 5.41) is 6.78. The number of carbonyl (C=O) groups excluding carboxylic acids is 3. The average molecular weight is 520 g/mol. The van der Waals surface area contributed by atoms with Crippen LogP contribution in [0.1, 0.15) is 52.4 Å². The molecule has 3 aliphatic heterocycles. The second-order valence-electron chi connectivity index (χ2n) is 10.2. The van der Waals surface area contributed by atoms with Crippen LogP contribution in [0.3, 0.4) is 0 Å². The Morgan fingerprint density at radius 3 is 2.60 bits per heavy atom. The monoisotopic (exact) mass is 519 g/mol. The lowest BCUT2D eigenvalue weighted by atomic mass is 9.74. The fourth-order valence-corrected chi connectivity index (χ4v) is 6.50. The summed E-state index contributed by atoms with van der Waals surface area (Å²) >= 11 is 12.1. The number of nitrogens with one attached hydrogen (secondary N) is 2. The van der Waals surface area contributed by atoms with E-state index in [-0.39, 0.29) is 29.8 Å². The van der Waals surface area contributed by atoms with Gasteiger partial charge >= 0.3 is 0 Å². The van der Waals surface area contributed by atoms with Gasteiger partial charge in [-0.2, -0.15) is 0 Å². The predicted molar refractivity (Wildman–Crippen MR) is 134 cm³/mol. The van der Waals surface area contributed by atoms with Gasteiger partial charge in [-0.25, -0.2) is 0 Å². The molecule has 2 N–H and O–H groups in total. The predicted octanol–water partition coefficient (Wildman–Crippen LogP) is 4.33. The highest BCUT2D eigenvalue weighted by Crippen LogP contribution is 2.55. The summed E-state index contributed by atoms with van der Waals surface area (Å²) in [5.41, 5.74) is -0.662. The van der Waals surface area contributed by atoms with Crippen molar-refractivity contribution in [1.82, 2.24) is 10.2 Å². The van der Waals surface area contributed by atoms with E-state index < -0.39 is 29.6 Å². The number of carbonyl (C=O) groups is 3. The average Bonchev–Trinajstić information content (AvgIpc) is 3.49. The first kappa shape index (κ1) is 24.6. The summed E-state index contributed by atoms with van der Waals surface area (Å²) in [7, 11) is 0. The molecule has 0 radical (unpaired) electrons. The van der Waals surface area contributed by atoms with Crippen LogP contribution in [0, 0.1) is 11.8 Å². The Hall–Kier alpha value is -2.09. The lowest BCUT2D eigenvalue weighted by Crippen LogP contribution is -2.58. The number of benzene rings is 1. The summed E-state index contributed by atoms with van der Waals surface area (Å²) in [5.74, 6) is -2.25. The third-order valence-corrected chi connectivity index (χ3v) is 8.81.